The summed E-state index contributed by atoms with van der Waals surface area (Å²) in [5.41, 5.74) is 1.04. The first-order valence-electron chi connectivity index (χ1n) is 13.6. The third kappa shape index (κ3) is 3.50. The molecule has 8 atom stereocenters. The van der Waals surface area contributed by atoms with E-state index in [1.165, 1.54) is 51.4 Å². The van der Waals surface area contributed by atoms with Gasteiger partial charge in [0.15, 0.2) is 0 Å². The number of hydrogen-bond acceptors (Lipinski definition) is 4. The summed E-state index contributed by atoms with van der Waals surface area (Å²) in [6.07, 6.45) is 13.0. The van der Waals surface area contributed by atoms with Gasteiger partial charge >= 0.3 is 200 Å². The van der Waals surface area contributed by atoms with E-state index in [9.17, 15) is 4.89 Å². The van der Waals surface area contributed by atoms with Crippen LogP contribution in [-0.4, -0.2) is 23.7 Å². The van der Waals surface area contributed by atoms with Crippen molar-refractivity contribution >= 4 is 12.8 Å². The molecule has 1 aromatic rings. The molecule has 5 fully saturated rings. The van der Waals surface area contributed by atoms with Crippen LogP contribution in [0.25, 0.3) is 0 Å². The summed E-state index contributed by atoms with van der Waals surface area (Å²) in [7, 11) is -4.30. The molecule has 4 nitrogen and oxygen atoms in total. The van der Waals surface area contributed by atoms with E-state index in [1.807, 2.05) is 37.3 Å². The summed E-state index contributed by atoms with van der Waals surface area (Å²) < 4.78 is 18.9. The van der Waals surface area contributed by atoms with Crippen LogP contribution in [0.4, 0.5) is 0 Å². The maximum absolute atomic E-state index is 12.0. The zero-order valence-corrected chi connectivity index (χ0v) is 21.6. The fourth-order valence-corrected chi connectivity index (χ4v) is 12.2. The zero-order valence-electron chi connectivity index (χ0n) is 20.7. The molecule has 0 amide bonds. The molecule has 1 unspecified atom stereocenters. The van der Waals surface area contributed by atoms with Gasteiger partial charge in [0.1, 0.15) is 0 Å². The number of hydrogen-bond donors (Lipinski definition) is 1. The van der Waals surface area contributed by atoms with Gasteiger partial charge < -0.3 is 0 Å². The second-order valence-corrected chi connectivity index (χ2v) is 15.5. The van der Waals surface area contributed by atoms with Crippen LogP contribution in [0.3, 0.4) is 0 Å². The molecule has 1 N–H and O–H groups in total. The first kappa shape index (κ1) is 22.9. The van der Waals surface area contributed by atoms with Crippen molar-refractivity contribution in [2.24, 2.45) is 34.5 Å². The molecule has 1 aromatic carbocycles. The topological polar surface area (TPSA) is 47.9 Å². The molecule has 0 aromatic heterocycles. The molecule has 4 aliphatic carbocycles. The van der Waals surface area contributed by atoms with Crippen molar-refractivity contribution in [3.05, 3.63) is 30.3 Å². The Hall–Kier alpha value is -0.510. The molecule has 1 heterocycles. The molecule has 5 heteroatoms. The summed E-state index contributed by atoms with van der Waals surface area (Å²) in [6, 6.07) is 9.61. The van der Waals surface area contributed by atoms with Gasteiger partial charge in [-0.05, 0) is 0 Å². The van der Waals surface area contributed by atoms with Crippen molar-refractivity contribution in [3.8, 4) is 0 Å². The molecule has 4 saturated carbocycles. The molecule has 1 saturated heterocycles. The first-order valence-corrected chi connectivity index (χ1v) is 15.5. The third-order valence-electron chi connectivity index (χ3n) is 10.8. The first-order chi connectivity index (χ1) is 15.7. The van der Waals surface area contributed by atoms with Gasteiger partial charge in [0.25, 0.3) is 0 Å². The third-order valence-corrected chi connectivity index (χ3v) is 14.0. The molecule has 1 aliphatic heterocycles. The summed E-state index contributed by atoms with van der Waals surface area (Å²) >= 11 is 0. The van der Waals surface area contributed by atoms with E-state index in [-0.39, 0.29) is 12.2 Å². The molecule has 33 heavy (non-hydrogen) atoms. The van der Waals surface area contributed by atoms with E-state index in [2.05, 4.69) is 13.8 Å². The van der Waals surface area contributed by atoms with E-state index in [0.717, 1.165) is 30.6 Å². The predicted molar refractivity (Wildman–Crippen MR) is 133 cm³/mol. The van der Waals surface area contributed by atoms with Crippen LogP contribution in [0.15, 0.2) is 30.3 Å². The Morgan fingerprint density at radius 2 is 1.79 bits per heavy atom. The van der Waals surface area contributed by atoms with Crippen LogP contribution in [-0.2, 0) is 13.6 Å². The van der Waals surface area contributed by atoms with Gasteiger partial charge in [-0.2, -0.15) is 0 Å². The van der Waals surface area contributed by atoms with Crippen LogP contribution in [0.2, 0.25) is 0 Å². The normalized spacial score (nSPS) is 49.3. The molecule has 184 valence electrons. The van der Waals surface area contributed by atoms with E-state index in [4.69, 9.17) is 13.6 Å². The Kier molecular flexibility index (Phi) is 5.38. The monoisotopic (exact) mass is 474 g/mol. The van der Waals surface area contributed by atoms with E-state index in [0.29, 0.717) is 28.7 Å². The summed E-state index contributed by atoms with van der Waals surface area (Å²) in [6.45, 7) is 7.53. The average Bonchev–Trinajstić information content (AvgIpc) is 3.35. The fraction of sp³-hybridized carbons (Fsp3) is 0.786. The van der Waals surface area contributed by atoms with Crippen LogP contribution < -0.4 is 5.30 Å². The SMILES string of the molecule is CC1COP(O)(O[C@@H]2CC[C@@]3(C)[C@@H](CC[C@H]4[C@@H]5CCC[C@@]5(C)CC[C@@H]43)C2)(c2ccccc2)O1. The fourth-order valence-electron chi connectivity index (χ4n) is 9.11. The van der Waals surface area contributed by atoms with E-state index >= 15 is 0 Å². The zero-order chi connectivity index (χ0) is 22.9. The minimum absolute atomic E-state index is 0.00636. The van der Waals surface area contributed by atoms with Gasteiger partial charge in [0.05, 0.1) is 0 Å². The van der Waals surface area contributed by atoms with Crippen LogP contribution in [0, 0.1) is 34.5 Å². The Morgan fingerprint density at radius 3 is 2.55 bits per heavy atom. The molecule has 6 rings (SSSR count). The van der Waals surface area contributed by atoms with Gasteiger partial charge in [-0.3, -0.25) is 0 Å². The summed E-state index contributed by atoms with van der Waals surface area (Å²) in [5, 5.41) is 0.665. The minimum atomic E-state index is -4.30. The van der Waals surface area contributed by atoms with E-state index < -0.39 is 7.51 Å². The van der Waals surface area contributed by atoms with Gasteiger partial charge in [0.2, 0.25) is 0 Å². The number of fused-ring (bicyclic) bond motifs is 5. The predicted octanol–water partition coefficient (Wildman–Crippen LogP) is 6.77. The van der Waals surface area contributed by atoms with Crippen molar-refractivity contribution in [2.75, 3.05) is 6.61 Å². The second-order valence-electron chi connectivity index (χ2n) is 12.6. The standard InChI is InChI=1S/C28H43O4P/c1-20-19-30-33(29,31-20,23-8-5-4-6-9-23)32-22-13-17-28(3)21(18-22)11-12-24-25-10-7-15-27(25,2)16-14-26(24)28/h4-6,8-9,20-22,24-26,29H,7,10-19H2,1-3H3/t20?,21-,22+,24-,25-,26-,27-,28-/m0/s1. The van der Waals surface area contributed by atoms with Crippen LogP contribution in [0.1, 0.15) is 85.0 Å². The van der Waals surface area contributed by atoms with Crippen LogP contribution >= 0.6 is 7.51 Å². The van der Waals surface area contributed by atoms with Crippen molar-refractivity contribution in [3.63, 3.8) is 0 Å². The molecular weight excluding hydrogens is 431 g/mol. The Labute approximate surface area is 200 Å². The quantitative estimate of drug-likeness (QED) is 0.491. The molecular formula is C28H43O4P. The Balaban J connectivity index is 1.22. The Bertz CT molecular complexity index is 895. The van der Waals surface area contributed by atoms with Gasteiger partial charge in [-0.15, -0.1) is 0 Å². The molecule has 0 bridgehead atoms. The van der Waals surface area contributed by atoms with Crippen molar-refractivity contribution in [1.29, 1.82) is 0 Å². The Morgan fingerprint density at radius 1 is 0.970 bits per heavy atom. The summed E-state index contributed by atoms with van der Waals surface area (Å²) in [4.78, 5) is 12.0. The van der Waals surface area contributed by atoms with Crippen molar-refractivity contribution in [2.45, 2.75) is 97.2 Å². The van der Waals surface area contributed by atoms with Gasteiger partial charge in [-0.1, -0.05) is 0 Å². The number of rotatable bonds is 3. The maximum atomic E-state index is 12.0. The van der Waals surface area contributed by atoms with Crippen LogP contribution in [0.5, 0.6) is 0 Å². The number of benzene rings is 1. The van der Waals surface area contributed by atoms with Crippen molar-refractivity contribution < 1.29 is 18.5 Å². The second kappa shape index (κ2) is 7.74. The van der Waals surface area contributed by atoms with Crippen molar-refractivity contribution in [1.82, 2.24) is 0 Å². The summed E-state index contributed by atoms with van der Waals surface area (Å²) in [5.74, 6) is 3.43. The molecule has 0 spiro atoms. The van der Waals surface area contributed by atoms with E-state index in [1.54, 1.807) is 0 Å². The molecule has 5 aliphatic rings. The average molecular weight is 475 g/mol. The van der Waals surface area contributed by atoms with Gasteiger partial charge in [-0.25, -0.2) is 0 Å². The van der Waals surface area contributed by atoms with Gasteiger partial charge in [0, 0.05) is 0 Å². The molecule has 0 radical (unpaired) electrons.